The van der Waals surface area contributed by atoms with Crippen molar-refractivity contribution in [2.45, 2.75) is 6.42 Å². The SMILES string of the molecule is Nc1nc(NCCc2ccc(-c3cccnc3)cc2)nc2nc(-c3ccco3)nn12. The third-order valence-electron chi connectivity index (χ3n) is 4.62. The number of aromatic nitrogens is 6. The van der Waals surface area contributed by atoms with Crippen molar-refractivity contribution in [1.29, 1.82) is 0 Å². The number of nitrogens with one attached hydrogen (secondary N) is 1. The number of anilines is 2. The van der Waals surface area contributed by atoms with Gasteiger partial charge in [-0.3, -0.25) is 4.98 Å². The number of pyridine rings is 1. The highest BCUT2D eigenvalue weighted by Crippen LogP contribution is 2.19. The summed E-state index contributed by atoms with van der Waals surface area (Å²) >= 11 is 0. The lowest BCUT2D eigenvalue weighted by Gasteiger charge is -2.07. The lowest BCUT2D eigenvalue weighted by atomic mass is 10.0. The highest BCUT2D eigenvalue weighted by Gasteiger charge is 2.13. The van der Waals surface area contributed by atoms with Gasteiger partial charge in [-0.2, -0.15) is 19.5 Å². The molecule has 4 aromatic heterocycles. The van der Waals surface area contributed by atoms with E-state index in [2.05, 4.69) is 54.6 Å². The van der Waals surface area contributed by atoms with Crippen molar-refractivity contribution >= 4 is 17.7 Å². The number of nitrogen functional groups attached to an aromatic ring is 1. The molecule has 4 heterocycles. The molecule has 0 unspecified atom stereocenters. The molecule has 0 aliphatic heterocycles. The molecule has 0 saturated carbocycles. The third-order valence-corrected chi connectivity index (χ3v) is 4.62. The first-order chi connectivity index (χ1) is 14.8. The van der Waals surface area contributed by atoms with Gasteiger partial charge in [0.2, 0.25) is 17.7 Å². The van der Waals surface area contributed by atoms with Gasteiger partial charge in [0.15, 0.2) is 5.76 Å². The summed E-state index contributed by atoms with van der Waals surface area (Å²) in [6, 6.07) is 15.9. The van der Waals surface area contributed by atoms with Gasteiger partial charge in [0.05, 0.1) is 6.26 Å². The molecule has 1 aromatic carbocycles. The molecule has 5 rings (SSSR count). The van der Waals surface area contributed by atoms with Gasteiger partial charge in [-0.15, -0.1) is 5.10 Å². The molecule has 3 N–H and O–H groups in total. The lowest BCUT2D eigenvalue weighted by Crippen LogP contribution is -2.12. The molecule has 5 aromatic rings. The maximum atomic E-state index is 6.01. The summed E-state index contributed by atoms with van der Waals surface area (Å²) in [7, 11) is 0. The maximum absolute atomic E-state index is 6.01. The molecule has 0 bridgehead atoms. The summed E-state index contributed by atoms with van der Waals surface area (Å²) in [5.41, 5.74) is 9.45. The Bertz CT molecular complexity index is 1260. The minimum absolute atomic E-state index is 0.202. The Balaban J connectivity index is 1.26. The van der Waals surface area contributed by atoms with Crippen LogP contribution in [0.5, 0.6) is 0 Å². The Morgan fingerprint density at radius 3 is 2.63 bits per heavy atom. The molecule has 0 saturated heterocycles. The monoisotopic (exact) mass is 398 g/mol. The first-order valence-corrected chi connectivity index (χ1v) is 9.44. The summed E-state index contributed by atoms with van der Waals surface area (Å²) in [6.07, 6.45) is 6.00. The van der Waals surface area contributed by atoms with Crippen LogP contribution in [0.3, 0.4) is 0 Å². The standard InChI is InChI=1S/C21H18N8O/c22-19-26-20(27-21-25-18(28-29(19)21)17-4-2-12-30-17)24-11-9-14-5-7-15(8-6-14)16-3-1-10-23-13-16/h1-8,10,12-13H,9,11H2,(H3,22,24,25,26,27,28). The van der Waals surface area contributed by atoms with E-state index in [0.29, 0.717) is 29.9 Å². The third kappa shape index (κ3) is 3.55. The lowest BCUT2D eigenvalue weighted by molar-refractivity contribution is 0.577. The number of nitrogens with two attached hydrogens (primary N) is 1. The largest absolute Gasteiger partial charge is 0.461 e. The average Bonchev–Trinajstić information content (AvgIpc) is 3.45. The predicted octanol–water partition coefficient (Wildman–Crippen LogP) is 3.08. The topological polar surface area (TPSA) is 120 Å². The van der Waals surface area contributed by atoms with Crippen molar-refractivity contribution in [3.63, 3.8) is 0 Å². The van der Waals surface area contributed by atoms with Crippen LogP contribution in [0.4, 0.5) is 11.9 Å². The Morgan fingerprint density at radius 1 is 0.967 bits per heavy atom. The van der Waals surface area contributed by atoms with Crippen molar-refractivity contribution < 1.29 is 4.42 Å². The molecule has 0 fully saturated rings. The van der Waals surface area contributed by atoms with Crippen LogP contribution >= 0.6 is 0 Å². The zero-order valence-electron chi connectivity index (χ0n) is 15.9. The van der Waals surface area contributed by atoms with E-state index in [1.165, 1.54) is 10.1 Å². The fraction of sp³-hybridized carbons (Fsp3) is 0.0952. The van der Waals surface area contributed by atoms with E-state index in [-0.39, 0.29) is 5.95 Å². The van der Waals surface area contributed by atoms with Gasteiger partial charge in [0.1, 0.15) is 0 Å². The van der Waals surface area contributed by atoms with Gasteiger partial charge in [-0.25, -0.2) is 0 Å². The van der Waals surface area contributed by atoms with Crippen LogP contribution in [-0.2, 0) is 6.42 Å². The number of hydrogen-bond acceptors (Lipinski definition) is 8. The van der Waals surface area contributed by atoms with Crippen molar-refractivity contribution in [2.75, 3.05) is 17.6 Å². The van der Waals surface area contributed by atoms with Crippen molar-refractivity contribution in [3.05, 3.63) is 72.8 Å². The number of furan rings is 1. The second-order valence-corrected chi connectivity index (χ2v) is 6.65. The van der Waals surface area contributed by atoms with Crippen molar-refractivity contribution in [1.82, 2.24) is 29.5 Å². The van der Waals surface area contributed by atoms with Crippen LogP contribution in [0.15, 0.2) is 71.6 Å². The summed E-state index contributed by atoms with van der Waals surface area (Å²) in [6.45, 7) is 0.654. The quantitative estimate of drug-likeness (QED) is 0.448. The molecule has 0 aliphatic rings. The van der Waals surface area contributed by atoms with Crippen LogP contribution in [0.25, 0.3) is 28.5 Å². The number of hydrogen-bond donors (Lipinski definition) is 2. The Morgan fingerprint density at radius 2 is 1.87 bits per heavy atom. The molecule has 9 nitrogen and oxygen atoms in total. The van der Waals surface area contributed by atoms with E-state index < -0.39 is 0 Å². The van der Waals surface area contributed by atoms with Gasteiger partial charge in [-0.05, 0) is 41.3 Å². The minimum Gasteiger partial charge on any atom is -0.461 e. The van der Waals surface area contributed by atoms with Gasteiger partial charge in [0, 0.05) is 18.9 Å². The number of rotatable bonds is 6. The van der Waals surface area contributed by atoms with E-state index in [4.69, 9.17) is 10.2 Å². The van der Waals surface area contributed by atoms with Gasteiger partial charge >= 0.3 is 0 Å². The summed E-state index contributed by atoms with van der Waals surface area (Å²) in [5.74, 6) is 1.92. The molecular weight excluding hydrogens is 380 g/mol. The first-order valence-electron chi connectivity index (χ1n) is 9.44. The van der Waals surface area contributed by atoms with Crippen molar-refractivity contribution in [3.8, 4) is 22.7 Å². The summed E-state index contributed by atoms with van der Waals surface area (Å²) in [4.78, 5) is 17.2. The molecule has 0 atom stereocenters. The van der Waals surface area contributed by atoms with Crippen molar-refractivity contribution in [2.24, 2.45) is 0 Å². The average molecular weight is 398 g/mol. The second kappa shape index (κ2) is 7.63. The van der Waals surface area contributed by atoms with Crippen LogP contribution < -0.4 is 11.1 Å². The molecule has 0 aliphatic carbocycles. The van der Waals surface area contributed by atoms with E-state index in [1.54, 1.807) is 24.6 Å². The first kappa shape index (κ1) is 17.8. The van der Waals surface area contributed by atoms with Gasteiger partial charge < -0.3 is 15.5 Å². The molecule has 0 amide bonds. The zero-order chi connectivity index (χ0) is 20.3. The molecule has 0 spiro atoms. The minimum atomic E-state index is 0.202. The van der Waals surface area contributed by atoms with E-state index in [1.807, 2.05) is 18.3 Å². The van der Waals surface area contributed by atoms with E-state index in [0.717, 1.165) is 17.5 Å². The van der Waals surface area contributed by atoms with Crippen LogP contribution in [0.2, 0.25) is 0 Å². The number of benzene rings is 1. The molecule has 0 radical (unpaired) electrons. The Hall–Kier alpha value is -4.27. The fourth-order valence-electron chi connectivity index (χ4n) is 3.11. The van der Waals surface area contributed by atoms with E-state index >= 15 is 0 Å². The smallest absolute Gasteiger partial charge is 0.259 e. The van der Waals surface area contributed by atoms with Gasteiger partial charge in [-0.1, -0.05) is 30.3 Å². The highest BCUT2D eigenvalue weighted by molar-refractivity contribution is 5.62. The molecule has 9 heteroatoms. The number of fused-ring (bicyclic) bond motifs is 1. The Labute approximate surface area is 171 Å². The zero-order valence-corrected chi connectivity index (χ0v) is 15.9. The fourth-order valence-corrected chi connectivity index (χ4v) is 3.11. The van der Waals surface area contributed by atoms with Gasteiger partial charge in [0.25, 0.3) is 5.78 Å². The second-order valence-electron chi connectivity index (χ2n) is 6.65. The van der Waals surface area contributed by atoms with Crippen LogP contribution in [0.1, 0.15) is 5.56 Å². The normalized spacial score (nSPS) is 11.1. The number of nitrogens with zero attached hydrogens (tertiary/aromatic N) is 6. The summed E-state index contributed by atoms with van der Waals surface area (Å²) < 4.78 is 6.71. The van der Waals surface area contributed by atoms with Crippen LogP contribution in [0, 0.1) is 0 Å². The molecule has 148 valence electrons. The predicted molar refractivity (Wildman–Crippen MR) is 113 cm³/mol. The van der Waals surface area contributed by atoms with E-state index in [9.17, 15) is 0 Å². The summed E-state index contributed by atoms with van der Waals surface area (Å²) in [5, 5.41) is 7.49. The maximum Gasteiger partial charge on any atom is 0.259 e. The molecular formula is C21H18N8O. The Kier molecular flexibility index (Phi) is 4.53. The molecule has 30 heavy (non-hydrogen) atoms. The highest BCUT2D eigenvalue weighted by atomic mass is 16.3. The van der Waals surface area contributed by atoms with Crippen LogP contribution in [-0.4, -0.2) is 36.1 Å².